The number of hydrogen-bond acceptors (Lipinski definition) is 4. The van der Waals surface area contributed by atoms with Crippen molar-refractivity contribution < 1.29 is 4.74 Å². The van der Waals surface area contributed by atoms with Crippen molar-refractivity contribution in [3.63, 3.8) is 0 Å². The van der Waals surface area contributed by atoms with Gasteiger partial charge >= 0.3 is 0 Å². The zero-order valence-electron chi connectivity index (χ0n) is 10.5. The van der Waals surface area contributed by atoms with Crippen LogP contribution in [0.25, 0.3) is 10.2 Å². The smallest absolute Gasteiger partial charge is 0.167 e. The third kappa shape index (κ3) is 2.07. The molecule has 1 unspecified atom stereocenters. The molecule has 20 heavy (non-hydrogen) atoms. The predicted octanol–water partition coefficient (Wildman–Crippen LogP) is 4.60. The molecule has 0 aliphatic carbocycles. The van der Waals surface area contributed by atoms with Gasteiger partial charge in [0.2, 0.25) is 0 Å². The number of ether oxygens (including phenoxy) is 1. The second-order valence-corrected chi connectivity index (χ2v) is 6.63. The molecule has 0 bridgehead atoms. The molecule has 2 heterocycles. The molecule has 5 heteroatoms. The average Bonchev–Trinajstić information content (AvgIpc) is 2.89. The number of nitrogens with one attached hydrogen (secondary N) is 1. The van der Waals surface area contributed by atoms with Gasteiger partial charge in [-0.25, -0.2) is 4.98 Å². The molecule has 4 rings (SSSR count). The number of para-hydroxylation sites is 2. The van der Waals surface area contributed by atoms with Crippen molar-refractivity contribution in [2.45, 2.75) is 6.10 Å². The van der Waals surface area contributed by atoms with E-state index in [0.29, 0.717) is 0 Å². The molecule has 1 N–H and O–H groups in total. The van der Waals surface area contributed by atoms with Gasteiger partial charge in [-0.2, -0.15) is 0 Å². The average molecular weight is 347 g/mol. The van der Waals surface area contributed by atoms with Crippen LogP contribution >= 0.6 is 27.3 Å². The summed E-state index contributed by atoms with van der Waals surface area (Å²) < 4.78 is 8.29. The molecule has 0 saturated heterocycles. The molecule has 0 amide bonds. The Labute approximate surface area is 128 Å². The first-order valence-corrected chi connectivity index (χ1v) is 7.96. The SMILES string of the molecule is Brc1ccc2sc(C3CNc4ccccc4O3)nc2c1. The van der Waals surface area contributed by atoms with Gasteiger partial charge in [0.15, 0.2) is 6.10 Å². The third-order valence-electron chi connectivity index (χ3n) is 3.28. The van der Waals surface area contributed by atoms with E-state index in [0.717, 1.165) is 33.0 Å². The van der Waals surface area contributed by atoms with Crippen LogP contribution in [0.15, 0.2) is 46.9 Å². The van der Waals surface area contributed by atoms with Crippen LogP contribution in [0.1, 0.15) is 11.1 Å². The molecule has 2 aromatic carbocycles. The lowest BCUT2D eigenvalue weighted by Gasteiger charge is -2.25. The van der Waals surface area contributed by atoms with E-state index in [9.17, 15) is 0 Å². The molecule has 1 atom stereocenters. The van der Waals surface area contributed by atoms with Crippen LogP contribution in [0.2, 0.25) is 0 Å². The first-order chi connectivity index (χ1) is 9.79. The Kier molecular flexibility index (Phi) is 2.89. The van der Waals surface area contributed by atoms with Crippen LogP contribution in [-0.4, -0.2) is 11.5 Å². The Morgan fingerprint density at radius 2 is 2.15 bits per heavy atom. The fourth-order valence-electron chi connectivity index (χ4n) is 2.31. The van der Waals surface area contributed by atoms with E-state index < -0.39 is 0 Å². The molecule has 1 aliphatic rings. The Balaban J connectivity index is 1.70. The lowest BCUT2D eigenvalue weighted by Crippen LogP contribution is -2.23. The molecule has 3 nitrogen and oxygen atoms in total. The summed E-state index contributed by atoms with van der Waals surface area (Å²) in [7, 11) is 0. The van der Waals surface area contributed by atoms with Crippen molar-refractivity contribution in [3.8, 4) is 5.75 Å². The second kappa shape index (κ2) is 4.75. The van der Waals surface area contributed by atoms with Crippen molar-refractivity contribution in [2.24, 2.45) is 0 Å². The van der Waals surface area contributed by atoms with Crippen molar-refractivity contribution >= 4 is 43.2 Å². The van der Waals surface area contributed by atoms with Gasteiger partial charge in [-0.05, 0) is 30.3 Å². The van der Waals surface area contributed by atoms with Crippen molar-refractivity contribution in [1.82, 2.24) is 4.98 Å². The number of aromatic nitrogens is 1. The zero-order chi connectivity index (χ0) is 13.5. The summed E-state index contributed by atoms with van der Waals surface area (Å²) >= 11 is 5.17. The normalized spacial score (nSPS) is 17.4. The highest BCUT2D eigenvalue weighted by molar-refractivity contribution is 9.10. The first kappa shape index (κ1) is 12.2. The summed E-state index contributed by atoms with van der Waals surface area (Å²) in [6.45, 7) is 0.748. The molecular formula is C15H11BrN2OS. The van der Waals surface area contributed by atoms with Crippen LogP contribution in [0.3, 0.4) is 0 Å². The van der Waals surface area contributed by atoms with Gasteiger partial charge in [-0.15, -0.1) is 11.3 Å². The third-order valence-corrected chi connectivity index (χ3v) is 4.90. The number of benzene rings is 2. The van der Waals surface area contributed by atoms with E-state index in [1.165, 1.54) is 4.70 Å². The maximum absolute atomic E-state index is 6.05. The summed E-state index contributed by atoms with van der Waals surface area (Å²) in [5.41, 5.74) is 2.06. The Morgan fingerprint density at radius 3 is 3.10 bits per heavy atom. The fourth-order valence-corrected chi connectivity index (χ4v) is 3.63. The largest absolute Gasteiger partial charge is 0.479 e. The van der Waals surface area contributed by atoms with E-state index in [-0.39, 0.29) is 6.10 Å². The topological polar surface area (TPSA) is 34.1 Å². The Bertz CT molecular complexity index is 786. The minimum Gasteiger partial charge on any atom is -0.479 e. The molecule has 0 spiro atoms. The maximum Gasteiger partial charge on any atom is 0.167 e. The van der Waals surface area contributed by atoms with E-state index in [4.69, 9.17) is 9.72 Å². The highest BCUT2D eigenvalue weighted by atomic mass is 79.9. The zero-order valence-corrected chi connectivity index (χ0v) is 12.9. The summed E-state index contributed by atoms with van der Waals surface area (Å²) in [6.07, 6.45) is -0.0268. The second-order valence-electron chi connectivity index (χ2n) is 4.65. The Hall–Kier alpha value is -1.59. The van der Waals surface area contributed by atoms with Crippen LogP contribution in [-0.2, 0) is 0 Å². The summed E-state index contributed by atoms with van der Waals surface area (Å²) in [5, 5.41) is 4.41. The van der Waals surface area contributed by atoms with E-state index in [2.05, 4.69) is 27.3 Å². The minimum absolute atomic E-state index is 0.0268. The van der Waals surface area contributed by atoms with Gasteiger partial charge in [0, 0.05) is 4.47 Å². The van der Waals surface area contributed by atoms with Gasteiger partial charge in [0.1, 0.15) is 10.8 Å². The van der Waals surface area contributed by atoms with E-state index in [1.54, 1.807) is 11.3 Å². The quantitative estimate of drug-likeness (QED) is 0.698. The number of anilines is 1. The lowest BCUT2D eigenvalue weighted by molar-refractivity contribution is 0.210. The summed E-state index contributed by atoms with van der Waals surface area (Å²) in [4.78, 5) is 4.69. The van der Waals surface area contributed by atoms with Gasteiger partial charge in [0.25, 0.3) is 0 Å². The van der Waals surface area contributed by atoms with Gasteiger partial charge in [0.05, 0.1) is 22.4 Å². The number of thiazole rings is 1. The molecule has 100 valence electrons. The molecule has 1 aliphatic heterocycles. The lowest BCUT2D eigenvalue weighted by atomic mass is 10.2. The van der Waals surface area contributed by atoms with E-state index >= 15 is 0 Å². The van der Waals surface area contributed by atoms with Crippen molar-refractivity contribution in [2.75, 3.05) is 11.9 Å². The highest BCUT2D eigenvalue weighted by Crippen LogP contribution is 2.36. The molecule has 0 radical (unpaired) electrons. The van der Waals surface area contributed by atoms with Gasteiger partial charge in [-0.1, -0.05) is 28.1 Å². The molecule has 0 saturated carbocycles. The molecular weight excluding hydrogens is 336 g/mol. The van der Waals surface area contributed by atoms with Crippen molar-refractivity contribution in [3.05, 3.63) is 51.9 Å². The number of fused-ring (bicyclic) bond motifs is 2. The molecule has 3 aromatic rings. The predicted molar refractivity (Wildman–Crippen MR) is 85.6 cm³/mol. The monoisotopic (exact) mass is 346 g/mol. The number of hydrogen-bond donors (Lipinski definition) is 1. The number of halogens is 1. The van der Waals surface area contributed by atoms with Crippen LogP contribution in [0.4, 0.5) is 5.69 Å². The first-order valence-electron chi connectivity index (χ1n) is 6.35. The highest BCUT2D eigenvalue weighted by Gasteiger charge is 2.23. The van der Waals surface area contributed by atoms with Gasteiger partial charge < -0.3 is 10.1 Å². The standard InChI is InChI=1S/C15H11BrN2OS/c16-9-5-6-14-11(7-9)18-15(20-14)13-8-17-10-3-1-2-4-12(10)19-13/h1-7,13,17H,8H2. The number of nitrogens with zero attached hydrogens (tertiary/aromatic N) is 1. The van der Waals surface area contributed by atoms with Crippen LogP contribution < -0.4 is 10.1 Å². The maximum atomic E-state index is 6.05. The summed E-state index contributed by atoms with van der Waals surface area (Å²) in [6, 6.07) is 14.2. The van der Waals surface area contributed by atoms with E-state index in [1.807, 2.05) is 36.4 Å². The van der Waals surface area contributed by atoms with Crippen LogP contribution in [0, 0.1) is 0 Å². The molecule has 0 fully saturated rings. The minimum atomic E-state index is -0.0268. The van der Waals surface area contributed by atoms with Crippen molar-refractivity contribution in [1.29, 1.82) is 0 Å². The van der Waals surface area contributed by atoms with Crippen LogP contribution in [0.5, 0.6) is 5.75 Å². The Morgan fingerprint density at radius 1 is 1.25 bits per heavy atom. The summed E-state index contributed by atoms with van der Waals surface area (Å²) in [5.74, 6) is 0.893. The number of rotatable bonds is 1. The van der Waals surface area contributed by atoms with Gasteiger partial charge in [-0.3, -0.25) is 0 Å². The fraction of sp³-hybridized carbons (Fsp3) is 0.133. The molecule has 1 aromatic heterocycles.